The molecule has 0 amide bonds. The Labute approximate surface area is 104 Å². The number of halogens is 1. The van der Waals surface area contributed by atoms with Crippen LogP contribution >= 0.6 is 11.6 Å². The molecule has 3 heterocycles. The second-order valence-corrected chi connectivity index (χ2v) is 5.09. The van der Waals surface area contributed by atoms with Crippen molar-refractivity contribution in [2.75, 3.05) is 25.2 Å². The summed E-state index contributed by atoms with van der Waals surface area (Å²) in [4.78, 5) is 17.7. The first-order valence-corrected chi connectivity index (χ1v) is 6.09. The molecule has 1 spiro atoms. The van der Waals surface area contributed by atoms with Crippen molar-refractivity contribution in [3.63, 3.8) is 0 Å². The van der Waals surface area contributed by atoms with Gasteiger partial charge >= 0.3 is 5.69 Å². The smallest absolute Gasteiger partial charge is 0.350 e. The van der Waals surface area contributed by atoms with Crippen molar-refractivity contribution >= 4 is 17.4 Å². The molecule has 2 aliphatic rings. The Hall–Kier alpha value is -1.07. The highest BCUT2D eigenvalue weighted by molar-refractivity contribution is 6.29. The van der Waals surface area contributed by atoms with Gasteiger partial charge in [-0.1, -0.05) is 11.6 Å². The lowest BCUT2D eigenvalue weighted by atomic mass is 9.89. The van der Waals surface area contributed by atoms with Crippen LogP contribution in [0.5, 0.6) is 0 Å². The highest BCUT2D eigenvalue weighted by atomic mass is 35.5. The summed E-state index contributed by atoms with van der Waals surface area (Å²) < 4.78 is 7.11. The van der Waals surface area contributed by atoms with E-state index in [0.717, 1.165) is 31.9 Å². The van der Waals surface area contributed by atoms with E-state index >= 15 is 0 Å². The van der Waals surface area contributed by atoms with Crippen molar-refractivity contribution in [1.82, 2.24) is 9.55 Å². The van der Waals surface area contributed by atoms with Crippen LogP contribution in [0.25, 0.3) is 0 Å². The van der Waals surface area contributed by atoms with Gasteiger partial charge in [-0.05, 0) is 12.8 Å². The fourth-order valence-electron chi connectivity index (χ4n) is 2.78. The third-order valence-electron chi connectivity index (χ3n) is 3.89. The zero-order valence-electron chi connectivity index (χ0n) is 9.65. The molecule has 1 aromatic rings. The molecule has 5 nitrogen and oxygen atoms in total. The van der Waals surface area contributed by atoms with Crippen LogP contribution in [-0.4, -0.2) is 35.4 Å². The van der Waals surface area contributed by atoms with Crippen LogP contribution in [0.15, 0.2) is 10.9 Å². The van der Waals surface area contributed by atoms with Crippen LogP contribution in [-0.2, 0) is 11.3 Å². The van der Waals surface area contributed by atoms with E-state index in [0.29, 0.717) is 6.54 Å². The van der Waals surface area contributed by atoms with Crippen molar-refractivity contribution in [3.8, 4) is 0 Å². The lowest BCUT2D eigenvalue weighted by Crippen LogP contribution is -2.49. The number of hydrogen-bond acceptors (Lipinski definition) is 4. The quantitative estimate of drug-likeness (QED) is 0.646. The minimum Gasteiger partial charge on any atom is -0.381 e. The van der Waals surface area contributed by atoms with Gasteiger partial charge in [0.2, 0.25) is 0 Å². The van der Waals surface area contributed by atoms with Crippen LogP contribution in [0.2, 0.25) is 5.15 Å². The van der Waals surface area contributed by atoms with Crippen molar-refractivity contribution in [2.24, 2.45) is 0 Å². The molecule has 1 saturated heterocycles. The fourth-order valence-corrected chi connectivity index (χ4v) is 2.95. The van der Waals surface area contributed by atoms with Crippen molar-refractivity contribution < 1.29 is 4.74 Å². The van der Waals surface area contributed by atoms with Crippen LogP contribution in [0.3, 0.4) is 0 Å². The molecule has 3 rings (SSSR count). The molecular formula is C11H14ClN3O2. The molecule has 6 heteroatoms. The normalized spacial score (nSPS) is 21.9. The first kappa shape index (κ1) is 11.0. The lowest BCUT2D eigenvalue weighted by Gasteiger charge is -2.39. The van der Waals surface area contributed by atoms with E-state index in [4.69, 9.17) is 16.3 Å². The van der Waals surface area contributed by atoms with E-state index in [-0.39, 0.29) is 16.4 Å². The van der Waals surface area contributed by atoms with Crippen LogP contribution < -0.4 is 10.6 Å². The van der Waals surface area contributed by atoms with E-state index in [1.807, 2.05) is 7.05 Å². The van der Waals surface area contributed by atoms with Crippen molar-refractivity contribution in [2.45, 2.75) is 24.9 Å². The number of hydrogen-bond donors (Lipinski definition) is 0. The second-order valence-electron chi connectivity index (χ2n) is 4.70. The molecule has 0 N–H and O–H groups in total. The molecule has 1 fully saturated rings. The Balaban J connectivity index is 2.07. The number of aromatic nitrogens is 2. The summed E-state index contributed by atoms with van der Waals surface area (Å²) in [5.74, 6) is 0.858. The maximum atomic E-state index is 11.8. The molecule has 0 aromatic carbocycles. The minimum absolute atomic E-state index is 0.00320. The maximum absolute atomic E-state index is 11.8. The van der Waals surface area contributed by atoms with Gasteiger partial charge in [0.05, 0.1) is 12.1 Å². The average molecular weight is 256 g/mol. The summed E-state index contributed by atoms with van der Waals surface area (Å²) in [7, 11) is 2.01. The van der Waals surface area contributed by atoms with Gasteiger partial charge in [-0.25, -0.2) is 4.79 Å². The molecule has 0 saturated carbocycles. The first-order chi connectivity index (χ1) is 8.12. The highest BCUT2D eigenvalue weighted by Gasteiger charge is 2.43. The highest BCUT2D eigenvalue weighted by Crippen LogP contribution is 2.38. The molecule has 0 aliphatic carbocycles. The molecule has 1 aromatic heterocycles. The van der Waals surface area contributed by atoms with Gasteiger partial charge in [0.15, 0.2) is 0 Å². The number of likely N-dealkylation sites (N-methyl/N-ethyl adjacent to an activating group) is 1. The van der Waals surface area contributed by atoms with Crippen molar-refractivity contribution in [3.05, 3.63) is 21.7 Å². The van der Waals surface area contributed by atoms with Gasteiger partial charge in [-0.2, -0.15) is 4.98 Å². The van der Waals surface area contributed by atoms with Gasteiger partial charge in [0.25, 0.3) is 0 Å². The Bertz CT molecular complexity index is 508. The number of nitrogens with zero attached hydrogens (tertiary/aromatic N) is 3. The molecule has 0 radical (unpaired) electrons. The number of rotatable bonds is 0. The molecule has 0 atom stereocenters. The lowest BCUT2D eigenvalue weighted by molar-refractivity contribution is 0.0508. The fraction of sp³-hybridized carbons (Fsp3) is 0.636. The van der Waals surface area contributed by atoms with Gasteiger partial charge in [-0.3, -0.25) is 4.57 Å². The summed E-state index contributed by atoms with van der Waals surface area (Å²) in [6, 6.07) is 1.76. The van der Waals surface area contributed by atoms with Crippen LogP contribution in [0, 0.1) is 0 Å². The summed E-state index contributed by atoms with van der Waals surface area (Å²) in [6.07, 6.45) is 1.87. The average Bonchev–Trinajstić information content (AvgIpc) is 2.56. The number of fused-ring (bicyclic) bond motifs is 1. The summed E-state index contributed by atoms with van der Waals surface area (Å²) in [6.45, 7) is 2.17. The Kier molecular flexibility index (Phi) is 2.41. The summed E-state index contributed by atoms with van der Waals surface area (Å²) >= 11 is 5.85. The molecule has 17 heavy (non-hydrogen) atoms. The van der Waals surface area contributed by atoms with E-state index in [2.05, 4.69) is 9.88 Å². The topological polar surface area (TPSA) is 47.4 Å². The molecule has 0 unspecified atom stereocenters. The van der Waals surface area contributed by atoms with Crippen LogP contribution in [0.1, 0.15) is 12.8 Å². The standard InChI is InChI=1S/C11H14ClN3O2/c1-14-9-6-8(12)13-10(16)15(9)7-11(14)2-4-17-5-3-11/h6H,2-5,7H2,1H3. The third kappa shape index (κ3) is 1.57. The summed E-state index contributed by atoms with van der Waals surface area (Å²) in [5, 5.41) is 0.261. The van der Waals surface area contributed by atoms with E-state index in [9.17, 15) is 4.79 Å². The maximum Gasteiger partial charge on any atom is 0.350 e. The second kappa shape index (κ2) is 3.71. The number of ether oxygens (including phenoxy) is 1. The largest absolute Gasteiger partial charge is 0.381 e. The minimum atomic E-state index is -0.261. The van der Waals surface area contributed by atoms with Crippen molar-refractivity contribution in [1.29, 1.82) is 0 Å². The zero-order chi connectivity index (χ0) is 12.0. The molecular weight excluding hydrogens is 242 g/mol. The van der Waals surface area contributed by atoms with Gasteiger partial charge in [0, 0.05) is 26.3 Å². The van der Waals surface area contributed by atoms with E-state index in [1.54, 1.807) is 10.6 Å². The molecule has 0 bridgehead atoms. The summed E-state index contributed by atoms with van der Waals surface area (Å²) in [5.41, 5.74) is -0.265. The first-order valence-electron chi connectivity index (χ1n) is 5.71. The Morgan fingerprint density at radius 2 is 2.18 bits per heavy atom. The Morgan fingerprint density at radius 1 is 1.47 bits per heavy atom. The zero-order valence-corrected chi connectivity index (χ0v) is 10.4. The van der Waals surface area contributed by atoms with E-state index < -0.39 is 0 Å². The monoisotopic (exact) mass is 255 g/mol. The van der Waals surface area contributed by atoms with Gasteiger partial charge < -0.3 is 9.64 Å². The molecule has 2 aliphatic heterocycles. The SMILES string of the molecule is CN1c2cc(Cl)nc(=O)n2CC12CCOCC2. The van der Waals surface area contributed by atoms with Gasteiger partial charge in [0.1, 0.15) is 11.0 Å². The molecule has 92 valence electrons. The Morgan fingerprint density at radius 3 is 2.88 bits per heavy atom. The number of anilines is 1. The third-order valence-corrected chi connectivity index (χ3v) is 4.08. The van der Waals surface area contributed by atoms with Gasteiger partial charge in [-0.15, -0.1) is 0 Å². The van der Waals surface area contributed by atoms with E-state index in [1.165, 1.54) is 0 Å². The predicted octanol–water partition coefficient (Wildman–Crippen LogP) is 0.896. The predicted molar refractivity (Wildman–Crippen MR) is 64.7 cm³/mol. The van der Waals surface area contributed by atoms with Crippen LogP contribution in [0.4, 0.5) is 5.82 Å².